The zero-order valence-electron chi connectivity index (χ0n) is 15.2. The molecule has 0 aromatic heterocycles. The third-order valence-electron chi connectivity index (χ3n) is 3.73. The molecule has 8 heteroatoms. The molecule has 0 heterocycles. The van der Waals surface area contributed by atoms with E-state index in [9.17, 15) is 9.59 Å². The highest BCUT2D eigenvalue weighted by Gasteiger charge is 2.09. The zero-order valence-corrected chi connectivity index (χ0v) is 17.6. The molecule has 2 N–H and O–H groups in total. The van der Waals surface area contributed by atoms with Gasteiger partial charge in [-0.2, -0.15) is 0 Å². The van der Waals surface area contributed by atoms with Gasteiger partial charge in [-0.05, 0) is 67.2 Å². The van der Waals surface area contributed by atoms with Gasteiger partial charge < -0.3 is 15.0 Å². The lowest BCUT2D eigenvalue weighted by Gasteiger charge is -2.16. The fourth-order valence-corrected chi connectivity index (χ4v) is 2.90. The fraction of sp³-hybridized carbons (Fsp3) is 0.211. The molecule has 0 bridgehead atoms. The number of nitrogens with zero attached hydrogens (tertiary/aromatic N) is 1. The molecule has 0 radical (unpaired) electrons. The number of nitrogens with one attached hydrogen (secondary N) is 2. The van der Waals surface area contributed by atoms with Crippen molar-refractivity contribution in [3.63, 3.8) is 0 Å². The summed E-state index contributed by atoms with van der Waals surface area (Å²) in [5.41, 5.74) is 2.39. The molecule has 0 spiro atoms. The number of ether oxygens (including phenoxy) is 1. The highest BCUT2D eigenvalue weighted by Crippen LogP contribution is 2.22. The van der Waals surface area contributed by atoms with Crippen LogP contribution in [0.2, 0.25) is 0 Å². The van der Waals surface area contributed by atoms with Crippen LogP contribution in [0.4, 0.5) is 11.4 Å². The van der Waals surface area contributed by atoms with Gasteiger partial charge >= 0.3 is 0 Å². The Bertz CT molecular complexity index is 856. The number of carbonyl (C=O) groups is 2. The van der Waals surface area contributed by atoms with Crippen molar-refractivity contribution < 1.29 is 14.3 Å². The highest BCUT2D eigenvalue weighted by atomic mass is 79.9. The van der Waals surface area contributed by atoms with Crippen LogP contribution >= 0.6 is 28.1 Å². The van der Waals surface area contributed by atoms with E-state index in [1.807, 2.05) is 19.1 Å². The van der Waals surface area contributed by atoms with Crippen molar-refractivity contribution in [3.05, 3.63) is 52.5 Å². The standard InChI is InChI=1S/C19H20BrN3O3S/c1-12-10-14(20)4-9-17(12)26-11-18(25)22-19(27)21-15-5-7-16(8-6-15)23(3)13(2)24/h4-10H,11H2,1-3H3,(H2,21,22,25,27). The summed E-state index contributed by atoms with van der Waals surface area (Å²) in [6, 6.07) is 12.7. The topological polar surface area (TPSA) is 70.7 Å². The van der Waals surface area contributed by atoms with E-state index in [4.69, 9.17) is 17.0 Å². The molecule has 0 fully saturated rings. The van der Waals surface area contributed by atoms with Crippen LogP contribution in [-0.2, 0) is 9.59 Å². The summed E-state index contributed by atoms with van der Waals surface area (Å²) in [6.07, 6.45) is 0. The number of hydrogen-bond acceptors (Lipinski definition) is 4. The summed E-state index contributed by atoms with van der Waals surface area (Å²) in [5.74, 6) is 0.222. The lowest BCUT2D eigenvalue weighted by molar-refractivity contribution is -0.121. The molecule has 2 amide bonds. The second-order valence-electron chi connectivity index (χ2n) is 5.83. The molecule has 6 nitrogen and oxygen atoms in total. The van der Waals surface area contributed by atoms with E-state index < -0.39 is 0 Å². The van der Waals surface area contributed by atoms with Crippen LogP contribution in [0.1, 0.15) is 12.5 Å². The van der Waals surface area contributed by atoms with Crippen LogP contribution in [0.5, 0.6) is 5.75 Å². The third kappa shape index (κ3) is 6.33. The summed E-state index contributed by atoms with van der Waals surface area (Å²) >= 11 is 8.52. The van der Waals surface area contributed by atoms with Crippen molar-refractivity contribution in [2.75, 3.05) is 23.9 Å². The Kier molecular flexibility index (Phi) is 7.32. The molecular formula is C19H20BrN3O3S. The van der Waals surface area contributed by atoms with Crippen LogP contribution in [-0.4, -0.2) is 30.6 Å². The average Bonchev–Trinajstić information content (AvgIpc) is 2.60. The van der Waals surface area contributed by atoms with Crippen LogP contribution < -0.4 is 20.3 Å². The molecule has 0 atom stereocenters. The fourth-order valence-electron chi connectivity index (χ4n) is 2.19. The Morgan fingerprint density at radius 2 is 1.85 bits per heavy atom. The SMILES string of the molecule is CC(=O)N(C)c1ccc(NC(=S)NC(=O)COc2ccc(Br)cc2C)cc1. The van der Waals surface area contributed by atoms with Crippen molar-refractivity contribution in [1.82, 2.24) is 5.32 Å². The van der Waals surface area contributed by atoms with E-state index in [0.29, 0.717) is 11.4 Å². The monoisotopic (exact) mass is 449 g/mol. The molecular weight excluding hydrogens is 430 g/mol. The molecule has 2 aromatic carbocycles. The van der Waals surface area contributed by atoms with Gasteiger partial charge in [0.25, 0.3) is 5.91 Å². The number of benzene rings is 2. The van der Waals surface area contributed by atoms with Gasteiger partial charge in [-0.1, -0.05) is 15.9 Å². The minimum Gasteiger partial charge on any atom is -0.483 e. The van der Waals surface area contributed by atoms with Gasteiger partial charge in [-0.25, -0.2) is 0 Å². The third-order valence-corrected chi connectivity index (χ3v) is 4.43. The average molecular weight is 450 g/mol. The van der Waals surface area contributed by atoms with E-state index in [2.05, 4.69) is 26.6 Å². The first-order chi connectivity index (χ1) is 12.8. The van der Waals surface area contributed by atoms with Gasteiger partial charge in [0.2, 0.25) is 5.91 Å². The van der Waals surface area contributed by atoms with Crippen molar-refractivity contribution in [3.8, 4) is 5.75 Å². The maximum Gasteiger partial charge on any atom is 0.264 e. The van der Waals surface area contributed by atoms with E-state index in [1.54, 1.807) is 37.4 Å². The number of amides is 2. The summed E-state index contributed by atoms with van der Waals surface area (Å²) in [7, 11) is 1.70. The van der Waals surface area contributed by atoms with Crippen LogP contribution in [0.15, 0.2) is 46.9 Å². The Morgan fingerprint density at radius 1 is 1.19 bits per heavy atom. The molecule has 0 aliphatic rings. The Hall–Kier alpha value is -2.45. The van der Waals surface area contributed by atoms with E-state index in [-0.39, 0.29) is 23.5 Å². The molecule has 0 unspecified atom stereocenters. The molecule has 0 aliphatic heterocycles. The Labute approximate surface area is 172 Å². The predicted octanol–water partition coefficient (Wildman–Crippen LogP) is 3.63. The first-order valence-corrected chi connectivity index (χ1v) is 9.30. The minimum absolute atomic E-state index is 0.0560. The quantitative estimate of drug-likeness (QED) is 0.681. The van der Waals surface area contributed by atoms with Crippen molar-refractivity contribution in [2.24, 2.45) is 0 Å². The van der Waals surface area contributed by atoms with Crippen LogP contribution in [0, 0.1) is 6.92 Å². The predicted molar refractivity (Wildman–Crippen MR) is 114 cm³/mol. The van der Waals surface area contributed by atoms with E-state index in [1.165, 1.54) is 11.8 Å². The van der Waals surface area contributed by atoms with Gasteiger partial charge in [-0.15, -0.1) is 0 Å². The number of halogens is 1. The molecule has 0 aliphatic carbocycles. The molecule has 142 valence electrons. The highest BCUT2D eigenvalue weighted by molar-refractivity contribution is 9.10. The maximum absolute atomic E-state index is 12.0. The number of carbonyl (C=O) groups excluding carboxylic acids is 2. The van der Waals surface area contributed by atoms with Crippen LogP contribution in [0.25, 0.3) is 0 Å². The smallest absolute Gasteiger partial charge is 0.264 e. The largest absolute Gasteiger partial charge is 0.483 e. The molecule has 27 heavy (non-hydrogen) atoms. The molecule has 0 saturated heterocycles. The van der Waals surface area contributed by atoms with Crippen LogP contribution in [0.3, 0.4) is 0 Å². The number of thiocarbonyl (C=S) groups is 1. The summed E-state index contributed by atoms with van der Waals surface area (Å²) in [5, 5.41) is 5.66. The molecule has 2 aromatic rings. The first kappa shape index (κ1) is 20.9. The summed E-state index contributed by atoms with van der Waals surface area (Å²) < 4.78 is 6.46. The lowest BCUT2D eigenvalue weighted by atomic mass is 10.2. The van der Waals surface area contributed by atoms with Gasteiger partial charge in [0.05, 0.1) is 0 Å². The zero-order chi connectivity index (χ0) is 20.0. The first-order valence-electron chi connectivity index (χ1n) is 8.10. The number of anilines is 2. The number of rotatable bonds is 5. The Balaban J connectivity index is 1.84. The second-order valence-corrected chi connectivity index (χ2v) is 7.15. The minimum atomic E-state index is -0.359. The van der Waals surface area contributed by atoms with Crippen molar-refractivity contribution >= 4 is 56.4 Å². The summed E-state index contributed by atoms with van der Waals surface area (Å²) in [4.78, 5) is 24.9. The van der Waals surface area contributed by atoms with Gasteiger partial charge in [0, 0.05) is 29.8 Å². The number of aryl methyl sites for hydroxylation is 1. The summed E-state index contributed by atoms with van der Waals surface area (Å²) in [6.45, 7) is 3.25. The lowest BCUT2D eigenvalue weighted by Crippen LogP contribution is -2.37. The van der Waals surface area contributed by atoms with E-state index in [0.717, 1.165) is 15.7 Å². The maximum atomic E-state index is 12.0. The molecule has 2 rings (SSSR count). The molecule has 0 saturated carbocycles. The Morgan fingerprint density at radius 3 is 2.44 bits per heavy atom. The van der Waals surface area contributed by atoms with Crippen molar-refractivity contribution in [1.29, 1.82) is 0 Å². The normalized spacial score (nSPS) is 10.1. The van der Waals surface area contributed by atoms with Gasteiger partial charge in [-0.3, -0.25) is 14.9 Å². The van der Waals surface area contributed by atoms with Crippen molar-refractivity contribution in [2.45, 2.75) is 13.8 Å². The number of hydrogen-bond donors (Lipinski definition) is 2. The van der Waals surface area contributed by atoms with Gasteiger partial charge in [0.1, 0.15) is 5.75 Å². The van der Waals surface area contributed by atoms with E-state index >= 15 is 0 Å². The second kappa shape index (κ2) is 9.48. The van der Waals surface area contributed by atoms with Gasteiger partial charge in [0.15, 0.2) is 11.7 Å².